The van der Waals surface area contributed by atoms with Gasteiger partial charge in [-0.15, -0.1) is 0 Å². The molecular formula is C12H21NO5. The molecule has 0 saturated carbocycles. The van der Waals surface area contributed by atoms with Gasteiger partial charge in [-0.1, -0.05) is 0 Å². The van der Waals surface area contributed by atoms with Gasteiger partial charge in [0.05, 0.1) is 32.3 Å². The van der Waals surface area contributed by atoms with Crippen LogP contribution in [0.2, 0.25) is 0 Å². The van der Waals surface area contributed by atoms with Gasteiger partial charge in [0.15, 0.2) is 0 Å². The third kappa shape index (κ3) is 4.91. The van der Waals surface area contributed by atoms with E-state index in [0.717, 1.165) is 0 Å². The molecule has 6 nitrogen and oxygen atoms in total. The number of hydrogen-bond donors (Lipinski definition) is 1. The highest BCUT2D eigenvalue weighted by molar-refractivity contribution is 5.73. The lowest BCUT2D eigenvalue weighted by Gasteiger charge is -2.29. The Bertz CT molecular complexity index is 310. The fraction of sp³-hybridized carbons (Fsp3) is 0.833. The molecule has 1 saturated heterocycles. The van der Waals surface area contributed by atoms with E-state index in [2.05, 4.69) is 10.1 Å². The Labute approximate surface area is 107 Å². The Balaban J connectivity index is 2.43. The molecular weight excluding hydrogens is 238 g/mol. The standard InChI is InChI=1S/C12H21NO5/c1-12(2,3)18-11(15)13-9-5-8(6-17-7-9)10(14)16-4/h8-9H,5-7H2,1-4H3,(H,13,15). The van der Waals surface area contributed by atoms with Crippen molar-refractivity contribution in [2.24, 2.45) is 5.92 Å². The summed E-state index contributed by atoms with van der Waals surface area (Å²) >= 11 is 0. The third-order valence-electron chi connectivity index (χ3n) is 2.46. The average Bonchev–Trinajstić information content (AvgIpc) is 2.25. The van der Waals surface area contributed by atoms with Gasteiger partial charge in [0, 0.05) is 0 Å². The summed E-state index contributed by atoms with van der Waals surface area (Å²) in [6.45, 7) is 6.09. The maximum Gasteiger partial charge on any atom is 0.407 e. The van der Waals surface area contributed by atoms with E-state index in [1.54, 1.807) is 20.8 Å². The fourth-order valence-corrected chi connectivity index (χ4v) is 1.74. The molecule has 1 rings (SSSR count). The van der Waals surface area contributed by atoms with Crippen LogP contribution in [0.5, 0.6) is 0 Å². The summed E-state index contributed by atoms with van der Waals surface area (Å²) < 4.78 is 15.1. The maximum atomic E-state index is 11.6. The monoisotopic (exact) mass is 259 g/mol. The quantitative estimate of drug-likeness (QED) is 0.751. The van der Waals surface area contributed by atoms with Gasteiger partial charge in [0.2, 0.25) is 0 Å². The molecule has 1 N–H and O–H groups in total. The van der Waals surface area contributed by atoms with Crippen LogP contribution in [0.4, 0.5) is 4.79 Å². The second-order valence-corrected chi connectivity index (χ2v) is 5.34. The second kappa shape index (κ2) is 6.04. The second-order valence-electron chi connectivity index (χ2n) is 5.34. The highest BCUT2D eigenvalue weighted by Crippen LogP contribution is 2.16. The summed E-state index contributed by atoms with van der Waals surface area (Å²) in [6.07, 6.45) is 0.00737. The summed E-state index contributed by atoms with van der Waals surface area (Å²) in [7, 11) is 1.34. The number of carbonyl (C=O) groups excluding carboxylic acids is 2. The lowest BCUT2D eigenvalue weighted by molar-refractivity contribution is -0.150. The lowest BCUT2D eigenvalue weighted by atomic mass is 9.99. The minimum Gasteiger partial charge on any atom is -0.469 e. The average molecular weight is 259 g/mol. The van der Waals surface area contributed by atoms with E-state index in [-0.39, 0.29) is 17.9 Å². The molecule has 1 fully saturated rings. The number of nitrogens with one attached hydrogen (secondary N) is 1. The zero-order valence-electron chi connectivity index (χ0n) is 11.3. The predicted molar refractivity (Wildman–Crippen MR) is 64.1 cm³/mol. The Kier molecular flexibility index (Phi) is 4.95. The number of amides is 1. The molecule has 0 aromatic heterocycles. The molecule has 1 heterocycles. The van der Waals surface area contributed by atoms with Crippen molar-refractivity contribution in [1.29, 1.82) is 0 Å². The molecule has 6 heteroatoms. The van der Waals surface area contributed by atoms with Crippen LogP contribution < -0.4 is 5.32 Å². The van der Waals surface area contributed by atoms with Crippen molar-refractivity contribution in [3.8, 4) is 0 Å². The van der Waals surface area contributed by atoms with Crippen molar-refractivity contribution in [1.82, 2.24) is 5.32 Å². The van der Waals surface area contributed by atoms with E-state index in [9.17, 15) is 9.59 Å². The number of rotatable bonds is 2. The molecule has 0 aromatic rings. The highest BCUT2D eigenvalue weighted by atomic mass is 16.6. The number of alkyl carbamates (subject to hydrolysis) is 1. The first kappa shape index (κ1) is 14.8. The van der Waals surface area contributed by atoms with Crippen LogP contribution in [-0.4, -0.2) is 44.0 Å². The van der Waals surface area contributed by atoms with Crippen LogP contribution in [0.3, 0.4) is 0 Å². The zero-order chi connectivity index (χ0) is 13.8. The maximum absolute atomic E-state index is 11.6. The minimum atomic E-state index is -0.540. The predicted octanol–water partition coefficient (Wildman–Crippen LogP) is 1.09. The topological polar surface area (TPSA) is 73.9 Å². The molecule has 18 heavy (non-hydrogen) atoms. The van der Waals surface area contributed by atoms with Gasteiger partial charge in [-0.2, -0.15) is 0 Å². The molecule has 0 aromatic carbocycles. The molecule has 2 atom stereocenters. The van der Waals surface area contributed by atoms with E-state index in [1.165, 1.54) is 7.11 Å². The number of hydrogen-bond acceptors (Lipinski definition) is 5. The van der Waals surface area contributed by atoms with Gasteiger partial charge in [-0.05, 0) is 27.2 Å². The van der Waals surface area contributed by atoms with Crippen molar-refractivity contribution in [2.45, 2.75) is 38.8 Å². The van der Waals surface area contributed by atoms with Gasteiger partial charge < -0.3 is 19.5 Å². The van der Waals surface area contributed by atoms with E-state index >= 15 is 0 Å². The molecule has 1 aliphatic heterocycles. The van der Waals surface area contributed by atoms with Gasteiger partial charge >= 0.3 is 12.1 Å². The molecule has 1 amide bonds. The van der Waals surface area contributed by atoms with Crippen molar-refractivity contribution >= 4 is 12.1 Å². The number of ether oxygens (including phenoxy) is 3. The highest BCUT2D eigenvalue weighted by Gasteiger charge is 2.30. The largest absolute Gasteiger partial charge is 0.469 e. The Morgan fingerprint density at radius 2 is 1.94 bits per heavy atom. The van der Waals surface area contributed by atoms with E-state index in [0.29, 0.717) is 19.6 Å². The lowest BCUT2D eigenvalue weighted by Crippen LogP contribution is -2.46. The smallest absolute Gasteiger partial charge is 0.407 e. The van der Waals surface area contributed by atoms with Crippen molar-refractivity contribution in [3.05, 3.63) is 0 Å². The van der Waals surface area contributed by atoms with E-state index < -0.39 is 11.7 Å². The van der Waals surface area contributed by atoms with Crippen LogP contribution in [0, 0.1) is 5.92 Å². The van der Waals surface area contributed by atoms with Gasteiger partial charge in [-0.25, -0.2) is 4.79 Å². The van der Waals surface area contributed by atoms with Crippen molar-refractivity contribution in [3.63, 3.8) is 0 Å². The van der Waals surface area contributed by atoms with E-state index in [1.807, 2.05) is 0 Å². The fourth-order valence-electron chi connectivity index (χ4n) is 1.74. The minimum absolute atomic E-state index is 0.224. The normalized spacial score (nSPS) is 24.2. The van der Waals surface area contributed by atoms with Crippen LogP contribution in [0.25, 0.3) is 0 Å². The molecule has 0 radical (unpaired) electrons. The van der Waals surface area contributed by atoms with Crippen molar-refractivity contribution in [2.75, 3.05) is 20.3 Å². The summed E-state index contributed by atoms with van der Waals surface area (Å²) in [4.78, 5) is 22.9. The van der Waals surface area contributed by atoms with Gasteiger partial charge in [0.1, 0.15) is 5.60 Å². The Morgan fingerprint density at radius 1 is 1.28 bits per heavy atom. The van der Waals surface area contributed by atoms with Gasteiger partial charge in [0.25, 0.3) is 0 Å². The van der Waals surface area contributed by atoms with Crippen LogP contribution in [0.1, 0.15) is 27.2 Å². The first-order chi connectivity index (χ1) is 8.31. The van der Waals surface area contributed by atoms with Gasteiger partial charge in [-0.3, -0.25) is 4.79 Å². The van der Waals surface area contributed by atoms with Crippen LogP contribution in [-0.2, 0) is 19.0 Å². The number of esters is 1. The van der Waals surface area contributed by atoms with Crippen LogP contribution in [0.15, 0.2) is 0 Å². The molecule has 1 aliphatic rings. The molecule has 0 aliphatic carbocycles. The molecule has 0 bridgehead atoms. The first-order valence-electron chi connectivity index (χ1n) is 5.97. The molecule has 104 valence electrons. The SMILES string of the molecule is COC(=O)C1COCC(NC(=O)OC(C)(C)C)C1. The summed E-state index contributed by atoms with van der Waals surface area (Å²) in [6, 6.07) is -0.224. The summed E-state index contributed by atoms with van der Waals surface area (Å²) in [5.74, 6) is -0.644. The molecule has 0 spiro atoms. The zero-order valence-corrected chi connectivity index (χ0v) is 11.3. The van der Waals surface area contributed by atoms with Crippen molar-refractivity contribution < 1.29 is 23.8 Å². The van der Waals surface area contributed by atoms with Crippen LogP contribution >= 0.6 is 0 Å². The number of methoxy groups -OCH3 is 1. The molecule has 2 unspecified atom stereocenters. The third-order valence-corrected chi connectivity index (χ3v) is 2.46. The van der Waals surface area contributed by atoms with E-state index in [4.69, 9.17) is 9.47 Å². The summed E-state index contributed by atoms with van der Waals surface area (Å²) in [5, 5.41) is 2.69. The first-order valence-corrected chi connectivity index (χ1v) is 5.97. The Morgan fingerprint density at radius 3 is 2.50 bits per heavy atom. The summed E-state index contributed by atoms with van der Waals surface area (Å²) in [5.41, 5.74) is -0.540. The number of carbonyl (C=O) groups is 2. The Hall–Kier alpha value is -1.30.